The van der Waals surface area contributed by atoms with E-state index in [1.165, 1.54) is 11.1 Å². The standard InChI is InChI=1S/C17H18N2O/c20-17(19-12-14-8-3-4-11-18-14)16-10-5-7-13-6-1-2-9-15(13)16/h1-4,6,8-9,11,16H,5,7,10,12H2,(H,19,20). The fourth-order valence-corrected chi connectivity index (χ4v) is 2.83. The highest BCUT2D eigenvalue weighted by Crippen LogP contribution is 2.31. The van der Waals surface area contributed by atoms with Crippen LogP contribution in [-0.2, 0) is 17.8 Å². The van der Waals surface area contributed by atoms with Crippen molar-refractivity contribution in [2.24, 2.45) is 0 Å². The monoisotopic (exact) mass is 266 g/mol. The summed E-state index contributed by atoms with van der Waals surface area (Å²) in [6.07, 6.45) is 4.85. The van der Waals surface area contributed by atoms with Crippen molar-refractivity contribution in [1.82, 2.24) is 10.3 Å². The highest BCUT2D eigenvalue weighted by molar-refractivity contribution is 5.84. The predicted octanol–water partition coefficient (Wildman–Crippen LogP) is 2.82. The van der Waals surface area contributed by atoms with E-state index in [1.54, 1.807) is 6.20 Å². The molecule has 1 aliphatic rings. The zero-order valence-corrected chi connectivity index (χ0v) is 11.4. The molecule has 1 atom stereocenters. The van der Waals surface area contributed by atoms with E-state index in [-0.39, 0.29) is 11.8 Å². The molecule has 0 fully saturated rings. The Morgan fingerprint density at radius 1 is 1.20 bits per heavy atom. The Labute approximate surface area is 119 Å². The van der Waals surface area contributed by atoms with Gasteiger partial charge >= 0.3 is 0 Å². The van der Waals surface area contributed by atoms with E-state index in [2.05, 4.69) is 22.4 Å². The van der Waals surface area contributed by atoms with Crippen molar-refractivity contribution in [2.75, 3.05) is 0 Å². The summed E-state index contributed by atoms with van der Waals surface area (Å²) >= 11 is 0. The van der Waals surface area contributed by atoms with Gasteiger partial charge in [-0.15, -0.1) is 0 Å². The van der Waals surface area contributed by atoms with Gasteiger partial charge in [0.25, 0.3) is 0 Å². The molecule has 102 valence electrons. The molecule has 20 heavy (non-hydrogen) atoms. The molecule has 2 aromatic rings. The van der Waals surface area contributed by atoms with E-state index in [9.17, 15) is 4.79 Å². The zero-order chi connectivity index (χ0) is 13.8. The van der Waals surface area contributed by atoms with Gasteiger partial charge in [-0.25, -0.2) is 0 Å². The molecule has 1 heterocycles. The number of carbonyl (C=O) groups is 1. The lowest BCUT2D eigenvalue weighted by molar-refractivity contribution is -0.123. The summed E-state index contributed by atoms with van der Waals surface area (Å²) in [5.41, 5.74) is 3.40. The van der Waals surface area contributed by atoms with Crippen LogP contribution in [0.3, 0.4) is 0 Å². The zero-order valence-electron chi connectivity index (χ0n) is 11.4. The molecule has 1 aliphatic carbocycles. The Morgan fingerprint density at radius 3 is 2.90 bits per heavy atom. The molecule has 0 spiro atoms. The van der Waals surface area contributed by atoms with Gasteiger partial charge in [0.2, 0.25) is 5.91 Å². The van der Waals surface area contributed by atoms with Crippen molar-refractivity contribution in [2.45, 2.75) is 31.7 Å². The van der Waals surface area contributed by atoms with Crippen LogP contribution in [0.15, 0.2) is 48.7 Å². The van der Waals surface area contributed by atoms with E-state index >= 15 is 0 Å². The number of fused-ring (bicyclic) bond motifs is 1. The number of aromatic nitrogens is 1. The fourth-order valence-electron chi connectivity index (χ4n) is 2.83. The lowest BCUT2D eigenvalue weighted by atomic mass is 9.82. The molecule has 1 aromatic heterocycles. The number of carbonyl (C=O) groups excluding carboxylic acids is 1. The molecule has 1 unspecified atom stereocenters. The second-order valence-corrected chi connectivity index (χ2v) is 5.18. The molecule has 0 saturated carbocycles. The van der Waals surface area contributed by atoms with Crippen LogP contribution in [0, 0.1) is 0 Å². The average Bonchev–Trinajstić information content (AvgIpc) is 2.53. The first kappa shape index (κ1) is 12.9. The van der Waals surface area contributed by atoms with Crippen LogP contribution in [-0.4, -0.2) is 10.9 Å². The number of hydrogen-bond acceptors (Lipinski definition) is 2. The van der Waals surface area contributed by atoms with Crippen molar-refractivity contribution < 1.29 is 4.79 Å². The second kappa shape index (κ2) is 5.87. The van der Waals surface area contributed by atoms with Crippen LogP contribution in [0.1, 0.15) is 35.6 Å². The number of aryl methyl sites for hydroxylation is 1. The van der Waals surface area contributed by atoms with E-state index in [0.717, 1.165) is 25.0 Å². The van der Waals surface area contributed by atoms with Crippen molar-refractivity contribution >= 4 is 5.91 Å². The highest BCUT2D eigenvalue weighted by Gasteiger charge is 2.25. The first-order valence-corrected chi connectivity index (χ1v) is 7.10. The Morgan fingerprint density at radius 2 is 2.05 bits per heavy atom. The average molecular weight is 266 g/mol. The highest BCUT2D eigenvalue weighted by atomic mass is 16.1. The Balaban J connectivity index is 1.69. The minimum absolute atomic E-state index is 0.0105. The van der Waals surface area contributed by atoms with Crippen molar-refractivity contribution in [3.8, 4) is 0 Å². The Kier molecular flexibility index (Phi) is 3.77. The first-order valence-electron chi connectivity index (χ1n) is 7.10. The Hall–Kier alpha value is -2.16. The third kappa shape index (κ3) is 2.72. The summed E-state index contributed by atoms with van der Waals surface area (Å²) in [4.78, 5) is 16.6. The third-order valence-corrected chi connectivity index (χ3v) is 3.86. The van der Waals surface area contributed by atoms with Crippen LogP contribution in [0.25, 0.3) is 0 Å². The van der Waals surface area contributed by atoms with E-state index < -0.39 is 0 Å². The number of nitrogens with one attached hydrogen (secondary N) is 1. The van der Waals surface area contributed by atoms with Crippen LogP contribution in [0.5, 0.6) is 0 Å². The molecule has 3 heteroatoms. The lowest BCUT2D eigenvalue weighted by Gasteiger charge is -2.24. The van der Waals surface area contributed by atoms with Gasteiger partial charge in [-0.05, 0) is 42.5 Å². The normalized spacial score (nSPS) is 17.3. The van der Waals surface area contributed by atoms with Gasteiger partial charge in [0.1, 0.15) is 0 Å². The second-order valence-electron chi connectivity index (χ2n) is 5.18. The summed E-state index contributed by atoms with van der Waals surface area (Å²) in [5.74, 6) is 0.103. The maximum absolute atomic E-state index is 12.4. The molecule has 3 nitrogen and oxygen atoms in total. The maximum Gasteiger partial charge on any atom is 0.227 e. The summed E-state index contributed by atoms with van der Waals surface area (Å²) in [5, 5.41) is 3.01. The maximum atomic E-state index is 12.4. The number of pyridine rings is 1. The SMILES string of the molecule is O=C(NCc1ccccn1)C1CCCc2ccccc21. The van der Waals surface area contributed by atoms with Gasteiger partial charge in [-0.1, -0.05) is 30.3 Å². The molecule has 3 rings (SSSR count). The summed E-state index contributed by atoms with van der Waals surface area (Å²) in [6, 6.07) is 14.0. The molecule has 0 saturated heterocycles. The fraction of sp³-hybridized carbons (Fsp3) is 0.294. The van der Waals surface area contributed by atoms with Gasteiger partial charge in [0.05, 0.1) is 18.2 Å². The van der Waals surface area contributed by atoms with Crippen molar-refractivity contribution in [3.05, 3.63) is 65.5 Å². The van der Waals surface area contributed by atoms with Gasteiger partial charge in [0, 0.05) is 6.20 Å². The molecule has 0 aliphatic heterocycles. The minimum Gasteiger partial charge on any atom is -0.350 e. The molecular formula is C17H18N2O. The summed E-state index contributed by atoms with van der Waals surface area (Å²) in [6.45, 7) is 0.498. The molecule has 1 aromatic carbocycles. The van der Waals surface area contributed by atoms with E-state index in [1.807, 2.05) is 30.3 Å². The topological polar surface area (TPSA) is 42.0 Å². The quantitative estimate of drug-likeness (QED) is 0.928. The lowest BCUT2D eigenvalue weighted by Crippen LogP contribution is -2.31. The van der Waals surface area contributed by atoms with E-state index in [0.29, 0.717) is 6.54 Å². The van der Waals surface area contributed by atoms with Crippen LogP contribution < -0.4 is 5.32 Å². The number of rotatable bonds is 3. The smallest absolute Gasteiger partial charge is 0.227 e. The van der Waals surface area contributed by atoms with Gasteiger partial charge in [-0.2, -0.15) is 0 Å². The molecule has 1 N–H and O–H groups in total. The molecule has 0 radical (unpaired) electrons. The minimum atomic E-state index is -0.0105. The van der Waals surface area contributed by atoms with Gasteiger partial charge in [-0.3, -0.25) is 9.78 Å². The van der Waals surface area contributed by atoms with Crippen molar-refractivity contribution in [3.63, 3.8) is 0 Å². The van der Waals surface area contributed by atoms with E-state index in [4.69, 9.17) is 0 Å². The number of nitrogens with zero attached hydrogens (tertiary/aromatic N) is 1. The number of benzene rings is 1. The van der Waals surface area contributed by atoms with Crippen molar-refractivity contribution in [1.29, 1.82) is 0 Å². The summed E-state index contributed by atoms with van der Waals surface area (Å²) in [7, 11) is 0. The largest absolute Gasteiger partial charge is 0.350 e. The van der Waals surface area contributed by atoms with Crippen LogP contribution in [0.4, 0.5) is 0 Å². The Bertz CT molecular complexity index is 595. The molecule has 1 amide bonds. The van der Waals surface area contributed by atoms with Crippen LogP contribution >= 0.6 is 0 Å². The van der Waals surface area contributed by atoms with Crippen LogP contribution in [0.2, 0.25) is 0 Å². The first-order chi connectivity index (χ1) is 9.84. The van der Waals surface area contributed by atoms with Gasteiger partial charge in [0.15, 0.2) is 0 Å². The predicted molar refractivity (Wildman–Crippen MR) is 78.2 cm³/mol. The third-order valence-electron chi connectivity index (χ3n) is 3.86. The number of amides is 1. The number of hydrogen-bond donors (Lipinski definition) is 1. The summed E-state index contributed by atoms with van der Waals surface area (Å²) < 4.78 is 0. The molecular weight excluding hydrogens is 248 g/mol. The van der Waals surface area contributed by atoms with Gasteiger partial charge < -0.3 is 5.32 Å². The molecule has 0 bridgehead atoms.